The topological polar surface area (TPSA) is 126 Å². The summed E-state index contributed by atoms with van der Waals surface area (Å²) in [6, 6.07) is 6.17. The first kappa shape index (κ1) is 29.6. The Bertz CT molecular complexity index is 1250. The van der Waals surface area contributed by atoms with Gasteiger partial charge < -0.3 is 14.8 Å². The molecule has 2 unspecified atom stereocenters. The Morgan fingerprint density at radius 3 is 2.08 bits per heavy atom. The van der Waals surface area contributed by atoms with Crippen LogP contribution in [0.5, 0.6) is 0 Å². The molecule has 2 aliphatic rings. The van der Waals surface area contributed by atoms with Crippen molar-refractivity contribution in [1.29, 1.82) is 0 Å². The Kier molecular flexibility index (Phi) is 8.99. The van der Waals surface area contributed by atoms with Crippen LogP contribution in [0, 0.1) is 11.8 Å². The number of fused-ring (bicyclic) bond motifs is 2. The van der Waals surface area contributed by atoms with Crippen LogP contribution < -0.4 is 0 Å². The van der Waals surface area contributed by atoms with Gasteiger partial charge in [0.25, 0.3) is 0 Å². The number of nitrogens with zero attached hydrogens (tertiary/aromatic N) is 6. The van der Waals surface area contributed by atoms with Gasteiger partial charge in [-0.3, -0.25) is 14.6 Å². The van der Waals surface area contributed by atoms with Crippen molar-refractivity contribution in [2.75, 3.05) is 13.1 Å². The quantitative estimate of drug-likeness (QED) is 0.466. The maximum atomic E-state index is 10.6. The van der Waals surface area contributed by atoms with Gasteiger partial charge in [-0.15, -0.1) is 0 Å². The van der Waals surface area contributed by atoms with Crippen molar-refractivity contribution in [1.82, 2.24) is 29.2 Å². The number of rotatable bonds is 3. The maximum Gasteiger partial charge on any atom is 0.490 e. The highest BCUT2D eigenvalue weighted by molar-refractivity contribution is 5.73. The van der Waals surface area contributed by atoms with Crippen molar-refractivity contribution >= 4 is 11.9 Å². The van der Waals surface area contributed by atoms with Crippen LogP contribution in [0.3, 0.4) is 0 Å². The first-order valence-electron chi connectivity index (χ1n) is 11.4. The Hall–Kier alpha value is -3.95. The Morgan fingerprint density at radius 1 is 0.949 bits per heavy atom. The number of likely N-dealkylation sites (tertiary alicyclic amines) is 1. The largest absolute Gasteiger partial charge is 0.490 e. The van der Waals surface area contributed by atoms with E-state index in [0.717, 1.165) is 43.9 Å². The third kappa shape index (κ3) is 8.02. The average molecular weight is 562 g/mol. The highest BCUT2D eigenvalue weighted by Crippen LogP contribution is 2.35. The zero-order valence-corrected chi connectivity index (χ0v) is 20.4. The second-order valence-electron chi connectivity index (χ2n) is 8.92. The minimum Gasteiger partial charge on any atom is -0.475 e. The van der Waals surface area contributed by atoms with E-state index in [-0.39, 0.29) is 0 Å². The van der Waals surface area contributed by atoms with Gasteiger partial charge in [-0.05, 0) is 24.0 Å². The molecule has 212 valence electrons. The van der Waals surface area contributed by atoms with Crippen molar-refractivity contribution < 1.29 is 46.1 Å². The van der Waals surface area contributed by atoms with E-state index in [0.29, 0.717) is 11.8 Å². The number of carboxylic acid groups (broad SMARTS) is 2. The van der Waals surface area contributed by atoms with E-state index < -0.39 is 24.3 Å². The SMILES string of the molecule is Cn1cc(-c2cnc3n2CC2CN(Cc4ccccn4)CC2C3)cn1.O=C(O)C(F)(F)F.O=C(O)C(F)(F)F. The molecule has 2 aliphatic heterocycles. The number of imidazole rings is 1. The predicted octanol–water partition coefficient (Wildman–Crippen LogP) is 3.25. The lowest BCUT2D eigenvalue weighted by Crippen LogP contribution is -2.28. The van der Waals surface area contributed by atoms with E-state index in [1.165, 1.54) is 11.5 Å². The first-order valence-corrected chi connectivity index (χ1v) is 11.4. The molecular formula is C23H24F6N6O4. The minimum atomic E-state index is -5.08. The number of aryl methyl sites for hydroxylation is 1. The van der Waals surface area contributed by atoms with Crippen molar-refractivity contribution in [3.63, 3.8) is 0 Å². The molecule has 0 spiro atoms. The van der Waals surface area contributed by atoms with Crippen molar-refractivity contribution in [3.8, 4) is 11.3 Å². The van der Waals surface area contributed by atoms with Crippen LogP contribution in [0.4, 0.5) is 26.3 Å². The summed E-state index contributed by atoms with van der Waals surface area (Å²) in [5, 5.41) is 18.6. The number of carboxylic acids is 2. The van der Waals surface area contributed by atoms with Crippen LogP contribution in [0.25, 0.3) is 11.3 Å². The summed E-state index contributed by atoms with van der Waals surface area (Å²) >= 11 is 0. The van der Waals surface area contributed by atoms with Gasteiger partial charge in [0.15, 0.2) is 0 Å². The second-order valence-corrected chi connectivity index (χ2v) is 8.92. The highest BCUT2D eigenvalue weighted by atomic mass is 19.4. The number of alkyl halides is 6. The molecule has 2 atom stereocenters. The van der Waals surface area contributed by atoms with Gasteiger partial charge in [-0.1, -0.05) is 6.07 Å². The Morgan fingerprint density at radius 2 is 1.56 bits per heavy atom. The van der Waals surface area contributed by atoms with Crippen LogP contribution in [0.2, 0.25) is 0 Å². The van der Waals surface area contributed by atoms with Crippen molar-refractivity contribution in [2.45, 2.75) is 31.9 Å². The molecule has 1 saturated heterocycles. The average Bonchev–Trinajstić information content (AvgIpc) is 3.55. The molecule has 0 radical (unpaired) electrons. The second kappa shape index (κ2) is 11.8. The molecule has 0 saturated carbocycles. The minimum absolute atomic E-state index is 0.695. The lowest BCUT2D eigenvalue weighted by Gasteiger charge is -2.26. The van der Waals surface area contributed by atoms with E-state index in [1.54, 1.807) is 0 Å². The number of halogens is 6. The molecule has 0 aromatic carbocycles. The number of aromatic nitrogens is 5. The predicted molar refractivity (Wildman–Crippen MR) is 122 cm³/mol. The molecule has 39 heavy (non-hydrogen) atoms. The molecule has 5 rings (SSSR count). The van der Waals surface area contributed by atoms with Crippen molar-refractivity contribution in [3.05, 3.63) is 54.5 Å². The van der Waals surface area contributed by atoms with Crippen LogP contribution >= 0.6 is 0 Å². The summed E-state index contributed by atoms with van der Waals surface area (Å²) in [7, 11) is 1.96. The standard InChI is InChI=1S/C19H22N6.2C2HF3O2/c1-23-9-15(7-22-23)18-8-21-19-6-14-10-24(11-16(14)12-25(18)19)13-17-4-2-3-5-20-17;2*3-2(4,5)1(6)7/h2-5,7-9,14,16H,6,10-13H2,1H3;2*(H,6,7). The lowest BCUT2D eigenvalue weighted by molar-refractivity contribution is -0.193. The van der Waals surface area contributed by atoms with E-state index in [4.69, 9.17) is 24.8 Å². The molecule has 0 bridgehead atoms. The molecule has 1 fully saturated rings. The third-order valence-corrected chi connectivity index (χ3v) is 6.05. The normalized spacial score (nSPS) is 18.6. The number of carbonyl (C=O) groups is 2. The zero-order valence-electron chi connectivity index (χ0n) is 20.4. The van der Waals surface area contributed by atoms with Gasteiger partial charge in [0, 0.05) is 57.6 Å². The number of aliphatic carboxylic acids is 2. The summed E-state index contributed by atoms with van der Waals surface area (Å²) in [4.78, 5) is 29.5. The van der Waals surface area contributed by atoms with Gasteiger partial charge in [0.2, 0.25) is 0 Å². The lowest BCUT2D eigenvalue weighted by atomic mass is 9.89. The zero-order chi connectivity index (χ0) is 29.0. The van der Waals surface area contributed by atoms with Crippen LogP contribution in [0.1, 0.15) is 11.5 Å². The van der Waals surface area contributed by atoms with Gasteiger partial charge in [-0.25, -0.2) is 14.6 Å². The molecule has 0 aliphatic carbocycles. The van der Waals surface area contributed by atoms with Crippen LogP contribution in [-0.4, -0.2) is 76.8 Å². The van der Waals surface area contributed by atoms with Gasteiger partial charge in [-0.2, -0.15) is 31.4 Å². The fraction of sp³-hybridized carbons (Fsp3) is 0.435. The maximum absolute atomic E-state index is 10.6. The van der Waals surface area contributed by atoms with E-state index >= 15 is 0 Å². The van der Waals surface area contributed by atoms with Crippen LogP contribution in [0.15, 0.2) is 43.0 Å². The van der Waals surface area contributed by atoms with Gasteiger partial charge in [0.05, 0.1) is 23.8 Å². The summed E-state index contributed by atoms with van der Waals surface area (Å²) < 4.78 is 67.7. The number of hydrogen-bond acceptors (Lipinski definition) is 6. The van der Waals surface area contributed by atoms with Crippen molar-refractivity contribution in [2.24, 2.45) is 18.9 Å². The molecule has 5 heterocycles. The van der Waals surface area contributed by atoms with E-state index in [9.17, 15) is 26.3 Å². The van der Waals surface area contributed by atoms with Crippen LogP contribution in [-0.2, 0) is 36.1 Å². The van der Waals surface area contributed by atoms with Gasteiger partial charge >= 0.3 is 24.3 Å². The summed E-state index contributed by atoms with van der Waals surface area (Å²) in [6.07, 6.45) is -1.20. The summed E-state index contributed by atoms with van der Waals surface area (Å²) in [5.41, 5.74) is 3.52. The van der Waals surface area contributed by atoms with E-state index in [2.05, 4.69) is 37.9 Å². The molecule has 16 heteroatoms. The smallest absolute Gasteiger partial charge is 0.475 e. The monoisotopic (exact) mass is 562 g/mol. The number of pyridine rings is 1. The Balaban J connectivity index is 0.000000251. The molecule has 0 amide bonds. The fourth-order valence-electron chi connectivity index (χ4n) is 4.36. The molecule has 10 nitrogen and oxygen atoms in total. The summed E-state index contributed by atoms with van der Waals surface area (Å²) in [6.45, 7) is 4.30. The first-order chi connectivity index (χ1) is 18.1. The summed E-state index contributed by atoms with van der Waals surface area (Å²) in [5.74, 6) is -2.89. The third-order valence-electron chi connectivity index (χ3n) is 6.05. The van der Waals surface area contributed by atoms with Gasteiger partial charge in [0.1, 0.15) is 5.82 Å². The highest BCUT2D eigenvalue weighted by Gasteiger charge is 2.39. The number of hydrogen-bond donors (Lipinski definition) is 2. The molecular weight excluding hydrogens is 538 g/mol. The molecule has 3 aromatic heterocycles. The fourth-order valence-corrected chi connectivity index (χ4v) is 4.36. The molecule has 2 N–H and O–H groups in total. The van der Waals surface area contributed by atoms with E-state index in [1.807, 2.05) is 36.4 Å². The molecule has 3 aromatic rings. The Labute approximate surface area is 217 Å².